The van der Waals surface area contributed by atoms with Crippen LogP contribution in [0.25, 0.3) is 0 Å². The van der Waals surface area contributed by atoms with Crippen LogP contribution in [0.2, 0.25) is 0 Å². The van der Waals surface area contributed by atoms with Gasteiger partial charge in [0.15, 0.2) is 0 Å². The first-order chi connectivity index (χ1) is 13.4. The van der Waals surface area contributed by atoms with Gasteiger partial charge in [0.05, 0.1) is 6.42 Å². The second-order valence-corrected chi connectivity index (χ2v) is 7.12. The van der Waals surface area contributed by atoms with Gasteiger partial charge in [-0.25, -0.2) is 4.39 Å². The molecule has 2 aromatic carbocycles. The summed E-state index contributed by atoms with van der Waals surface area (Å²) in [6.07, 6.45) is 1.62. The third-order valence-corrected chi connectivity index (χ3v) is 4.92. The number of amides is 2. The number of halogens is 1. The molecule has 150 valence electrons. The maximum absolute atomic E-state index is 13.1. The molecule has 2 amide bonds. The Labute approximate surface area is 166 Å². The number of nitrogens with one attached hydrogen (secondary N) is 1. The van der Waals surface area contributed by atoms with Gasteiger partial charge in [-0.3, -0.25) is 9.59 Å². The van der Waals surface area contributed by atoms with Crippen molar-refractivity contribution in [3.63, 3.8) is 0 Å². The lowest BCUT2D eigenvalue weighted by Gasteiger charge is -2.29. The number of hydrogen-bond donors (Lipinski definition) is 1. The van der Waals surface area contributed by atoms with Crippen molar-refractivity contribution < 1.29 is 14.0 Å². The molecule has 5 heteroatoms. The van der Waals surface area contributed by atoms with E-state index in [0.29, 0.717) is 13.0 Å². The molecule has 0 spiro atoms. The van der Waals surface area contributed by atoms with Crippen molar-refractivity contribution in [1.29, 1.82) is 0 Å². The number of benzene rings is 2. The predicted octanol–water partition coefficient (Wildman–Crippen LogP) is 3.74. The minimum absolute atomic E-state index is 0.0538. The number of carbonyl (C=O) groups is 2. The van der Waals surface area contributed by atoms with Gasteiger partial charge in [-0.05, 0) is 49.9 Å². The summed E-state index contributed by atoms with van der Waals surface area (Å²) in [7, 11) is 0. The number of rotatable bonds is 9. The summed E-state index contributed by atoms with van der Waals surface area (Å²) in [5, 5.41) is 2.95. The van der Waals surface area contributed by atoms with E-state index in [1.807, 2.05) is 44.2 Å². The highest BCUT2D eigenvalue weighted by molar-refractivity contribution is 5.88. The predicted molar refractivity (Wildman–Crippen MR) is 109 cm³/mol. The van der Waals surface area contributed by atoms with E-state index in [9.17, 15) is 14.0 Å². The van der Waals surface area contributed by atoms with E-state index in [1.54, 1.807) is 24.0 Å². The highest BCUT2D eigenvalue weighted by Gasteiger charge is 2.26. The Kier molecular flexibility index (Phi) is 8.18. The monoisotopic (exact) mass is 384 g/mol. The Morgan fingerprint density at radius 2 is 1.64 bits per heavy atom. The van der Waals surface area contributed by atoms with Crippen LogP contribution in [-0.4, -0.2) is 35.3 Å². The summed E-state index contributed by atoms with van der Waals surface area (Å²) in [6.45, 7) is 6.14. The second kappa shape index (κ2) is 10.6. The zero-order chi connectivity index (χ0) is 20.5. The number of hydrogen-bond acceptors (Lipinski definition) is 2. The van der Waals surface area contributed by atoms with E-state index in [2.05, 4.69) is 5.32 Å². The van der Waals surface area contributed by atoms with Crippen LogP contribution >= 0.6 is 0 Å². The molecule has 0 bridgehead atoms. The van der Waals surface area contributed by atoms with E-state index in [1.165, 1.54) is 12.1 Å². The minimum Gasteiger partial charge on any atom is -0.352 e. The van der Waals surface area contributed by atoms with Crippen molar-refractivity contribution in [2.75, 3.05) is 6.54 Å². The van der Waals surface area contributed by atoms with Crippen LogP contribution in [0.5, 0.6) is 0 Å². The van der Waals surface area contributed by atoms with Crippen molar-refractivity contribution in [2.45, 2.75) is 52.1 Å². The van der Waals surface area contributed by atoms with Gasteiger partial charge in [0.2, 0.25) is 11.8 Å². The maximum atomic E-state index is 13.1. The lowest BCUT2D eigenvalue weighted by atomic mass is 10.1. The summed E-state index contributed by atoms with van der Waals surface area (Å²) < 4.78 is 13.1. The number of nitrogens with zero attached hydrogens (tertiary/aromatic N) is 1. The lowest BCUT2D eigenvalue weighted by molar-refractivity contribution is -0.139. The van der Waals surface area contributed by atoms with Gasteiger partial charge in [-0.2, -0.15) is 0 Å². The van der Waals surface area contributed by atoms with E-state index >= 15 is 0 Å². The molecule has 1 N–H and O–H groups in total. The Hall–Kier alpha value is -2.69. The summed E-state index contributed by atoms with van der Waals surface area (Å²) in [5.74, 6) is -0.636. The van der Waals surface area contributed by atoms with Crippen LogP contribution in [0.1, 0.15) is 38.3 Å². The average Bonchev–Trinajstić information content (AvgIpc) is 2.70. The summed E-state index contributed by atoms with van der Waals surface area (Å²) in [4.78, 5) is 27.2. The molecule has 0 fully saturated rings. The third-order valence-electron chi connectivity index (χ3n) is 4.92. The Morgan fingerprint density at radius 3 is 2.25 bits per heavy atom. The van der Waals surface area contributed by atoms with Crippen molar-refractivity contribution >= 4 is 11.8 Å². The standard InChI is InChI=1S/C23H29FN2O2/c1-4-17(2)25-23(28)18(3)26(15-14-19-8-6-5-7-9-19)22(27)16-20-10-12-21(24)13-11-20/h5-13,17-18H,4,14-16H2,1-3H3,(H,25,28). The molecule has 2 atom stereocenters. The first-order valence-electron chi connectivity index (χ1n) is 9.79. The fourth-order valence-electron chi connectivity index (χ4n) is 2.91. The zero-order valence-electron chi connectivity index (χ0n) is 16.8. The molecular weight excluding hydrogens is 355 g/mol. The quantitative estimate of drug-likeness (QED) is 0.716. The average molecular weight is 384 g/mol. The van der Waals surface area contributed by atoms with Gasteiger partial charge in [0.25, 0.3) is 0 Å². The molecule has 4 nitrogen and oxygen atoms in total. The Morgan fingerprint density at radius 1 is 1.00 bits per heavy atom. The van der Waals surface area contributed by atoms with Crippen LogP contribution in [-0.2, 0) is 22.4 Å². The zero-order valence-corrected chi connectivity index (χ0v) is 16.8. The Bertz CT molecular complexity index is 762. The first-order valence-corrected chi connectivity index (χ1v) is 9.79. The first kappa shape index (κ1) is 21.6. The molecule has 2 unspecified atom stereocenters. The fourth-order valence-corrected chi connectivity index (χ4v) is 2.91. The Balaban J connectivity index is 2.12. The highest BCUT2D eigenvalue weighted by atomic mass is 19.1. The van der Waals surface area contributed by atoms with E-state index in [4.69, 9.17) is 0 Å². The molecule has 0 heterocycles. The third kappa shape index (κ3) is 6.48. The van der Waals surface area contributed by atoms with Crippen molar-refractivity contribution in [1.82, 2.24) is 10.2 Å². The van der Waals surface area contributed by atoms with Gasteiger partial charge in [0.1, 0.15) is 11.9 Å². The van der Waals surface area contributed by atoms with E-state index in [0.717, 1.165) is 17.5 Å². The van der Waals surface area contributed by atoms with Crippen LogP contribution in [0, 0.1) is 5.82 Å². The van der Waals surface area contributed by atoms with Crippen molar-refractivity contribution in [2.24, 2.45) is 0 Å². The maximum Gasteiger partial charge on any atom is 0.242 e. The van der Waals surface area contributed by atoms with Crippen LogP contribution < -0.4 is 5.32 Å². The lowest BCUT2D eigenvalue weighted by Crippen LogP contribution is -2.50. The SMILES string of the molecule is CCC(C)NC(=O)C(C)N(CCc1ccccc1)C(=O)Cc1ccc(F)cc1. The molecule has 2 rings (SSSR count). The molecular formula is C23H29FN2O2. The molecule has 0 aliphatic carbocycles. The smallest absolute Gasteiger partial charge is 0.242 e. The number of carbonyl (C=O) groups excluding carboxylic acids is 2. The molecule has 0 saturated heterocycles. The fraction of sp³-hybridized carbons (Fsp3) is 0.391. The van der Waals surface area contributed by atoms with Gasteiger partial charge in [-0.15, -0.1) is 0 Å². The largest absolute Gasteiger partial charge is 0.352 e. The van der Waals surface area contributed by atoms with Crippen LogP contribution in [0.4, 0.5) is 4.39 Å². The second-order valence-electron chi connectivity index (χ2n) is 7.12. The van der Waals surface area contributed by atoms with Gasteiger partial charge in [0, 0.05) is 12.6 Å². The highest BCUT2D eigenvalue weighted by Crippen LogP contribution is 2.11. The van der Waals surface area contributed by atoms with Gasteiger partial charge >= 0.3 is 0 Å². The summed E-state index contributed by atoms with van der Waals surface area (Å²) >= 11 is 0. The van der Waals surface area contributed by atoms with Crippen LogP contribution in [0.15, 0.2) is 54.6 Å². The molecule has 28 heavy (non-hydrogen) atoms. The van der Waals surface area contributed by atoms with Crippen molar-refractivity contribution in [3.8, 4) is 0 Å². The topological polar surface area (TPSA) is 49.4 Å². The van der Waals surface area contributed by atoms with Gasteiger partial charge < -0.3 is 10.2 Å². The summed E-state index contributed by atoms with van der Waals surface area (Å²) in [6, 6.07) is 15.2. The van der Waals surface area contributed by atoms with Gasteiger partial charge in [-0.1, -0.05) is 49.4 Å². The minimum atomic E-state index is -0.578. The molecule has 2 aromatic rings. The van der Waals surface area contributed by atoms with E-state index in [-0.39, 0.29) is 30.1 Å². The molecule has 0 saturated carbocycles. The van der Waals surface area contributed by atoms with Crippen LogP contribution in [0.3, 0.4) is 0 Å². The normalized spacial score (nSPS) is 12.9. The van der Waals surface area contributed by atoms with E-state index < -0.39 is 6.04 Å². The molecule has 0 aliphatic rings. The summed E-state index contributed by atoms with van der Waals surface area (Å²) in [5.41, 5.74) is 1.84. The molecule has 0 aliphatic heterocycles. The molecule has 0 aromatic heterocycles. The van der Waals surface area contributed by atoms with Crippen molar-refractivity contribution in [3.05, 3.63) is 71.5 Å². The molecule has 0 radical (unpaired) electrons.